The van der Waals surface area contributed by atoms with Crippen molar-refractivity contribution in [3.8, 4) is 11.3 Å². The third kappa shape index (κ3) is 3.02. The SMILES string of the molecule is Clc1cc(Br)ccc1-c1cnc(CC2CCNC2)[nH]1. The number of aromatic amines is 1. The lowest BCUT2D eigenvalue weighted by Gasteiger charge is -2.05. The van der Waals surface area contributed by atoms with Gasteiger partial charge >= 0.3 is 0 Å². The molecule has 0 radical (unpaired) electrons. The van der Waals surface area contributed by atoms with Gasteiger partial charge in [0, 0.05) is 16.5 Å². The topological polar surface area (TPSA) is 40.7 Å². The number of hydrogen-bond donors (Lipinski definition) is 2. The van der Waals surface area contributed by atoms with Crippen LogP contribution in [0.15, 0.2) is 28.9 Å². The van der Waals surface area contributed by atoms with Crippen LogP contribution in [-0.2, 0) is 6.42 Å². The normalized spacial score (nSPS) is 18.9. The summed E-state index contributed by atoms with van der Waals surface area (Å²) in [7, 11) is 0. The minimum absolute atomic E-state index is 0.694. The lowest BCUT2D eigenvalue weighted by molar-refractivity contribution is 0.565. The number of H-pyrrole nitrogens is 1. The molecule has 2 aromatic rings. The van der Waals surface area contributed by atoms with Gasteiger partial charge < -0.3 is 10.3 Å². The molecule has 1 aliphatic heterocycles. The van der Waals surface area contributed by atoms with Crippen molar-refractivity contribution in [2.45, 2.75) is 12.8 Å². The lowest BCUT2D eigenvalue weighted by atomic mass is 10.1. The van der Waals surface area contributed by atoms with Crippen LogP contribution in [0.3, 0.4) is 0 Å². The molecule has 0 amide bonds. The van der Waals surface area contributed by atoms with E-state index >= 15 is 0 Å². The number of nitrogens with one attached hydrogen (secondary N) is 2. The van der Waals surface area contributed by atoms with Gasteiger partial charge in [0.1, 0.15) is 5.82 Å². The zero-order valence-corrected chi connectivity index (χ0v) is 12.8. The van der Waals surface area contributed by atoms with E-state index in [9.17, 15) is 0 Å². The summed E-state index contributed by atoms with van der Waals surface area (Å²) in [5.74, 6) is 1.74. The van der Waals surface area contributed by atoms with E-state index in [1.165, 1.54) is 6.42 Å². The van der Waals surface area contributed by atoms with Crippen LogP contribution in [-0.4, -0.2) is 23.1 Å². The van der Waals surface area contributed by atoms with Gasteiger partial charge in [-0.15, -0.1) is 0 Å². The molecule has 1 saturated heterocycles. The molecule has 0 spiro atoms. The van der Waals surface area contributed by atoms with Crippen molar-refractivity contribution in [3.05, 3.63) is 39.7 Å². The van der Waals surface area contributed by atoms with Crippen molar-refractivity contribution < 1.29 is 0 Å². The van der Waals surface area contributed by atoms with Gasteiger partial charge in [0.15, 0.2) is 0 Å². The zero-order valence-electron chi connectivity index (χ0n) is 10.4. The molecular formula is C14H15BrClN3. The quantitative estimate of drug-likeness (QED) is 0.895. The number of nitrogens with zero attached hydrogens (tertiary/aromatic N) is 1. The lowest BCUT2D eigenvalue weighted by Crippen LogP contribution is -2.11. The van der Waals surface area contributed by atoms with E-state index in [-0.39, 0.29) is 0 Å². The number of benzene rings is 1. The molecule has 1 aromatic carbocycles. The third-order valence-electron chi connectivity index (χ3n) is 3.49. The van der Waals surface area contributed by atoms with Crippen LogP contribution in [0.25, 0.3) is 11.3 Å². The predicted molar refractivity (Wildman–Crippen MR) is 81.4 cm³/mol. The Balaban J connectivity index is 1.80. The van der Waals surface area contributed by atoms with E-state index in [2.05, 4.69) is 31.2 Å². The Labute approximate surface area is 125 Å². The van der Waals surface area contributed by atoms with Crippen molar-refractivity contribution in [1.29, 1.82) is 0 Å². The van der Waals surface area contributed by atoms with Crippen molar-refractivity contribution in [3.63, 3.8) is 0 Å². The average Bonchev–Trinajstić information content (AvgIpc) is 3.01. The van der Waals surface area contributed by atoms with Crippen molar-refractivity contribution in [2.24, 2.45) is 5.92 Å². The first-order valence-electron chi connectivity index (χ1n) is 6.42. The maximum absolute atomic E-state index is 6.26. The monoisotopic (exact) mass is 339 g/mol. The summed E-state index contributed by atoms with van der Waals surface area (Å²) in [6, 6.07) is 5.89. The van der Waals surface area contributed by atoms with Gasteiger partial charge in [-0.05, 0) is 37.6 Å². The highest BCUT2D eigenvalue weighted by molar-refractivity contribution is 9.10. The molecule has 3 nitrogen and oxygen atoms in total. The first-order valence-corrected chi connectivity index (χ1v) is 7.59. The number of halogens is 2. The summed E-state index contributed by atoms with van der Waals surface area (Å²) in [5, 5.41) is 4.11. The highest BCUT2D eigenvalue weighted by Crippen LogP contribution is 2.29. The molecule has 5 heteroatoms. The summed E-state index contributed by atoms with van der Waals surface area (Å²) >= 11 is 9.67. The van der Waals surface area contributed by atoms with Gasteiger partial charge in [-0.3, -0.25) is 0 Å². The van der Waals surface area contributed by atoms with Crippen LogP contribution < -0.4 is 5.32 Å². The van der Waals surface area contributed by atoms with Crippen LogP contribution in [0.1, 0.15) is 12.2 Å². The molecule has 3 rings (SSSR count). The Morgan fingerprint density at radius 2 is 2.32 bits per heavy atom. The van der Waals surface area contributed by atoms with Gasteiger partial charge in [-0.1, -0.05) is 33.6 Å². The maximum Gasteiger partial charge on any atom is 0.106 e. The molecule has 2 heterocycles. The summed E-state index contributed by atoms with van der Waals surface area (Å²) in [5.41, 5.74) is 1.98. The Bertz CT molecular complexity index is 576. The van der Waals surface area contributed by atoms with E-state index < -0.39 is 0 Å². The molecule has 19 heavy (non-hydrogen) atoms. The van der Waals surface area contributed by atoms with Gasteiger partial charge in [0.05, 0.1) is 16.9 Å². The molecule has 1 atom stereocenters. The number of hydrogen-bond acceptors (Lipinski definition) is 2. The second kappa shape index (κ2) is 5.65. The van der Waals surface area contributed by atoms with E-state index in [1.807, 2.05) is 24.4 Å². The summed E-state index contributed by atoms with van der Waals surface area (Å²) < 4.78 is 0.984. The molecule has 1 aromatic heterocycles. The first-order chi connectivity index (χ1) is 9.22. The van der Waals surface area contributed by atoms with Gasteiger partial charge in [-0.25, -0.2) is 4.98 Å². The summed E-state index contributed by atoms with van der Waals surface area (Å²) in [6.07, 6.45) is 4.10. The van der Waals surface area contributed by atoms with Crippen LogP contribution in [0.2, 0.25) is 5.02 Å². The molecule has 0 saturated carbocycles. The highest BCUT2D eigenvalue weighted by Gasteiger charge is 2.17. The molecule has 2 N–H and O–H groups in total. The minimum atomic E-state index is 0.694. The zero-order chi connectivity index (χ0) is 13.2. The predicted octanol–water partition coefficient (Wildman–Crippen LogP) is 3.64. The van der Waals surface area contributed by atoms with Crippen LogP contribution in [0, 0.1) is 5.92 Å². The van der Waals surface area contributed by atoms with E-state index in [0.717, 1.165) is 46.1 Å². The first kappa shape index (κ1) is 13.2. The maximum atomic E-state index is 6.26. The second-order valence-corrected chi connectivity index (χ2v) is 6.25. The Morgan fingerprint density at radius 1 is 1.42 bits per heavy atom. The molecule has 1 fully saturated rings. The Morgan fingerprint density at radius 3 is 3.05 bits per heavy atom. The molecule has 1 unspecified atom stereocenters. The van der Waals surface area contributed by atoms with Crippen LogP contribution >= 0.6 is 27.5 Å². The van der Waals surface area contributed by atoms with Crippen molar-refractivity contribution >= 4 is 27.5 Å². The molecule has 100 valence electrons. The summed E-state index contributed by atoms with van der Waals surface area (Å²) in [6.45, 7) is 2.21. The van der Waals surface area contributed by atoms with Gasteiger partial charge in [-0.2, -0.15) is 0 Å². The van der Waals surface area contributed by atoms with Crippen LogP contribution in [0.5, 0.6) is 0 Å². The van der Waals surface area contributed by atoms with E-state index in [4.69, 9.17) is 11.6 Å². The van der Waals surface area contributed by atoms with Crippen LogP contribution in [0.4, 0.5) is 0 Å². The Hall–Kier alpha value is -0.840. The standard InChI is InChI=1S/C14H15BrClN3/c15-10-1-2-11(12(16)6-10)13-8-18-14(19-13)5-9-3-4-17-7-9/h1-2,6,8-9,17H,3-5,7H2,(H,18,19). The second-order valence-electron chi connectivity index (χ2n) is 4.93. The molecule has 1 aliphatic rings. The largest absolute Gasteiger partial charge is 0.342 e. The van der Waals surface area contributed by atoms with E-state index in [0.29, 0.717) is 5.92 Å². The van der Waals surface area contributed by atoms with Gasteiger partial charge in [0.2, 0.25) is 0 Å². The number of aromatic nitrogens is 2. The van der Waals surface area contributed by atoms with Gasteiger partial charge in [0.25, 0.3) is 0 Å². The highest BCUT2D eigenvalue weighted by atomic mass is 79.9. The van der Waals surface area contributed by atoms with E-state index in [1.54, 1.807) is 0 Å². The smallest absolute Gasteiger partial charge is 0.106 e. The molecule has 0 aliphatic carbocycles. The molecular weight excluding hydrogens is 326 g/mol. The molecule has 0 bridgehead atoms. The number of rotatable bonds is 3. The average molecular weight is 341 g/mol. The fourth-order valence-corrected chi connectivity index (χ4v) is 3.25. The third-order valence-corrected chi connectivity index (χ3v) is 4.30. The van der Waals surface area contributed by atoms with Crippen molar-refractivity contribution in [1.82, 2.24) is 15.3 Å². The number of imidazole rings is 1. The minimum Gasteiger partial charge on any atom is -0.342 e. The van der Waals surface area contributed by atoms with Crippen molar-refractivity contribution in [2.75, 3.05) is 13.1 Å². The Kier molecular flexibility index (Phi) is 3.91. The summed E-state index contributed by atoms with van der Waals surface area (Å²) in [4.78, 5) is 7.84. The fourth-order valence-electron chi connectivity index (χ4n) is 2.47. The fraction of sp³-hybridized carbons (Fsp3) is 0.357.